The number of nitrogens with zero attached hydrogens (tertiary/aromatic N) is 4. The van der Waals surface area contributed by atoms with Crippen LogP contribution in [0.15, 0.2) is 24.3 Å². The van der Waals surface area contributed by atoms with Crippen LogP contribution in [-0.4, -0.2) is 167 Å². The second-order valence-electron chi connectivity index (χ2n) is 21.8. The number of benzene rings is 1. The Bertz CT molecular complexity index is 2110. The van der Waals surface area contributed by atoms with Crippen molar-refractivity contribution in [2.45, 2.75) is 187 Å². The van der Waals surface area contributed by atoms with Crippen LogP contribution in [0.4, 0.5) is 4.39 Å². The number of methoxy groups -OCH3 is 2. The first-order valence-corrected chi connectivity index (χ1v) is 27.9. The highest BCUT2D eigenvalue weighted by Gasteiger charge is 2.56. The Balaban J connectivity index is 1.42. The van der Waals surface area contributed by atoms with E-state index in [1.54, 1.807) is 48.6 Å². The van der Waals surface area contributed by atoms with Gasteiger partial charge in [0.25, 0.3) is 0 Å². The summed E-state index contributed by atoms with van der Waals surface area (Å²) < 4.78 is 26.6. The second-order valence-corrected chi connectivity index (χ2v) is 23.1. The number of likely N-dealkylation sites (tertiary alicyclic amines) is 2. The molecule has 1 aromatic carbocycles. The third-order valence-corrected chi connectivity index (χ3v) is 17.0. The first kappa shape index (κ1) is 61.9. The maximum atomic E-state index is 14.7. The van der Waals surface area contributed by atoms with E-state index in [9.17, 15) is 47.9 Å². The number of nitrogens with one attached hydrogen (secondary N) is 2. The number of hydrogen-bond donors (Lipinski definition) is 3. The van der Waals surface area contributed by atoms with Crippen molar-refractivity contribution in [1.29, 1.82) is 0 Å². The molecule has 1 aliphatic carbocycles. The lowest BCUT2D eigenvalue weighted by Gasteiger charge is -2.41. The molecule has 0 radical (unpaired) electrons. The van der Waals surface area contributed by atoms with Gasteiger partial charge in [-0.1, -0.05) is 92.9 Å². The van der Waals surface area contributed by atoms with Gasteiger partial charge in [-0.2, -0.15) is 0 Å². The molecule has 19 heteroatoms. The highest BCUT2D eigenvalue weighted by atomic mass is 32.2. The molecule has 0 aromatic heterocycles. The predicted molar refractivity (Wildman–Crippen MR) is 282 cm³/mol. The summed E-state index contributed by atoms with van der Waals surface area (Å²) in [5.41, 5.74) is 0.00794. The van der Waals surface area contributed by atoms with Crippen molar-refractivity contribution in [2.75, 3.05) is 47.2 Å². The van der Waals surface area contributed by atoms with Gasteiger partial charge in [-0.3, -0.25) is 38.5 Å². The van der Waals surface area contributed by atoms with Crippen LogP contribution in [0.3, 0.4) is 0 Å². The average Bonchev–Trinajstić information content (AvgIpc) is 3.93. The minimum atomic E-state index is -1.41. The lowest BCUT2D eigenvalue weighted by atomic mass is 9.89. The molecule has 4 unspecified atom stereocenters. The minimum Gasteiger partial charge on any atom is -0.480 e. The molecule has 1 saturated carbocycles. The minimum absolute atomic E-state index is 0.106. The average molecular weight is 1060 g/mol. The number of imide groups is 1. The van der Waals surface area contributed by atoms with Crippen molar-refractivity contribution in [3.05, 3.63) is 35.6 Å². The molecule has 3 N–H and O–H groups in total. The van der Waals surface area contributed by atoms with Gasteiger partial charge < -0.3 is 39.9 Å². The molecule has 3 fully saturated rings. The van der Waals surface area contributed by atoms with Crippen LogP contribution < -0.4 is 10.6 Å². The van der Waals surface area contributed by atoms with Crippen molar-refractivity contribution < 1.29 is 57.3 Å². The van der Waals surface area contributed by atoms with E-state index in [0.717, 1.165) is 31.4 Å². The standard InChI is InChI=1S/C55H87FN6O11S/c1-13-15-27-74-42-30-45(65)61(52(42)68)26-20-16-17-23-43(63)59(9)47(34(5)6)51(67)58-46(33(3)4)53(69)60(10)48(35(7)14-2)41(72-11)29-44(64)62-32-55(24-25-55)31-40(62)49(73-12)36(8)50(66)57-39(54(70)71)28-37-21-18-19-22-38(37)56/h18-19,21-22,33-36,39-42,46-49H,13-17,20,23-32H2,1-12H3,(H,57,66)(H,58,67)(H,70,71)/t35-,36+,39?,40-,41+,42?,46-,47-,48?,49?/m0/s1. The lowest BCUT2D eigenvalue weighted by molar-refractivity contribution is -0.149. The van der Waals surface area contributed by atoms with Gasteiger partial charge in [0.05, 0.1) is 41.9 Å². The Morgan fingerprint density at radius 1 is 0.892 bits per heavy atom. The van der Waals surface area contributed by atoms with E-state index in [4.69, 9.17) is 9.47 Å². The first-order valence-electron chi connectivity index (χ1n) is 26.9. The molecule has 3 aliphatic rings. The maximum absolute atomic E-state index is 14.7. The molecule has 2 heterocycles. The fourth-order valence-electron chi connectivity index (χ4n) is 10.8. The fraction of sp³-hybridized carbons (Fsp3) is 0.745. The molecule has 4 rings (SSSR count). The van der Waals surface area contributed by atoms with Crippen molar-refractivity contribution in [3.63, 3.8) is 0 Å². The molecular formula is C55H87FN6O11S. The Labute approximate surface area is 443 Å². The Morgan fingerprint density at radius 2 is 1.57 bits per heavy atom. The van der Waals surface area contributed by atoms with E-state index in [0.29, 0.717) is 45.2 Å². The number of carboxylic acid groups (broad SMARTS) is 1. The third-order valence-electron chi connectivity index (χ3n) is 15.7. The summed E-state index contributed by atoms with van der Waals surface area (Å²) in [4.78, 5) is 115. The van der Waals surface area contributed by atoms with Gasteiger partial charge in [0, 0.05) is 60.7 Å². The first-order chi connectivity index (χ1) is 35.0. The molecule has 1 aromatic rings. The Hall–Kier alpha value is -4.62. The zero-order valence-electron chi connectivity index (χ0n) is 46.2. The molecule has 416 valence electrons. The van der Waals surface area contributed by atoms with Gasteiger partial charge in [-0.05, 0) is 79.1 Å². The number of carbonyl (C=O) groups excluding carboxylic acids is 7. The van der Waals surface area contributed by atoms with Crippen LogP contribution in [0.5, 0.6) is 0 Å². The van der Waals surface area contributed by atoms with E-state index in [1.165, 1.54) is 42.2 Å². The number of hydrogen-bond acceptors (Lipinski definition) is 11. The Morgan fingerprint density at radius 3 is 2.14 bits per heavy atom. The van der Waals surface area contributed by atoms with E-state index in [-0.39, 0.29) is 89.2 Å². The number of aliphatic carboxylic acids is 1. The highest BCUT2D eigenvalue weighted by molar-refractivity contribution is 8.00. The SMILES string of the molecule is CCCCSC1CC(=O)N(CCCCCC(=O)N(C)[C@H](C(=O)N[C@H](C(=O)N(C)C([C@@H](C)CC)[C@@H](CC(=O)N2CC3(CC3)C[C@H]2C(OC)[C@@H](C)C(=O)NC(Cc2ccccc2F)C(=O)O)OC)C(C)C)C(C)C)C1=O. The summed E-state index contributed by atoms with van der Waals surface area (Å²) >= 11 is 1.54. The number of amides is 7. The fourth-order valence-corrected chi connectivity index (χ4v) is 12.1. The summed E-state index contributed by atoms with van der Waals surface area (Å²) in [7, 11) is 6.21. The zero-order valence-corrected chi connectivity index (χ0v) is 47.0. The van der Waals surface area contributed by atoms with Crippen LogP contribution in [0.25, 0.3) is 0 Å². The maximum Gasteiger partial charge on any atom is 0.326 e. The lowest BCUT2D eigenvalue weighted by Crippen LogP contribution is -2.60. The van der Waals surface area contributed by atoms with E-state index >= 15 is 0 Å². The van der Waals surface area contributed by atoms with Crippen LogP contribution in [0, 0.1) is 34.9 Å². The smallest absolute Gasteiger partial charge is 0.326 e. The number of halogens is 1. The van der Waals surface area contributed by atoms with Crippen molar-refractivity contribution in [3.8, 4) is 0 Å². The number of unbranched alkanes of at least 4 members (excludes halogenated alkanes) is 3. The molecule has 7 amide bonds. The topological polar surface area (TPSA) is 212 Å². The number of thioether (sulfide) groups is 1. The number of likely N-dealkylation sites (N-methyl/N-ethyl adjacent to an activating group) is 2. The quantitative estimate of drug-likeness (QED) is 0.0570. The molecule has 17 nitrogen and oxygen atoms in total. The third kappa shape index (κ3) is 16.0. The van der Waals surface area contributed by atoms with Crippen molar-refractivity contribution in [2.24, 2.45) is 29.1 Å². The molecular weight excluding hydrogens is 972 g/mol. The number of ether oxygens (including phenoxy) is 2. The number of carbonyl (C=O) groups is 8. The monoisotopic (exact) mass is 1060 g/mol. The predicted octanol–water partition coefficient (Wildman–Crippen LogP) is 6.09. The number of rotatable bonds is 31. The van der Waals surface area contributed by atoms with Gasteiger partial charge >= 0.3 is 5.97 Å². The van der Waals surface area contributed by atoms with Gasteiger partial charge in [0.1, 0.15) is 23.9 Å². The van der Waals surface area contributed by atoms with Crippen LogP contribution >= 0.6 is 11.8 Å². The molecule has 2 saturated heterocycles. The van der Waals surface area contributed by atoms with Crippen molar-refractivity contribution >= 4 is 59.1 Å². The molecule has 1 spiro atoms. The normalized spacial score (nSPS) is 20.5. The summed E-state index contributed by atoms with van der Waals surface area (Å²) in [6.45, 7) is 15.8. The molecule has 0 bridgehead atoms. The van der Waals surface area contributed by atoms with Gasteiger partial charge in [-0.25, -0.2) is 9.18 Å². The van der Waals surface area contributed by atoms with Crippen LogP contribution in [-0.2, 0) is 54.3 Å². The summed E-state index contributed by atoms with van der Waals surface area (Å²) in [6.07, 6.45) is 5.15. The van der Waals surface area contributed by atoms with Gasteiger partial charge in [-0.15, -0.1) is 11.8 Å². The highest BCUT2D eigenvalue weighted by Crippen LogP contribution is 2.56. The van der Waals surface area contributed by atoms with Gasteiger partial charge in [0.15, 0.2) is 0 Å². The van der Waals surface area contributed by atoms with Crippen LogP contribution in [0.1, 0.15) is 138 Å². The number of carboxylic acids is 1. The molecule has 2 aliphatic heterocycles. The van der Waals surface area contributed by atoms with Gasteiger partial charge in [0.2, 0.25) is 41.4 Å². The second kappa shape index (κ2) is 28.5. The summed E-state index contributed by atoms with van der Waals surface area (Å²) in [5, 5.41) is 15.2. The molecule has 74 heavy (non-hydrogen) atoms. The van der Waals surface area contributed by atoms with Crippen molar-refractivity contribution in [1.82, 2.24) is 30.2 Å². The molecule has 10 atom stereocenters. The van der Waals surface area contributed by atoms with E-state index in [2.05, 4.69) is 17.6 Å². The Kier molecular flexibility index (Phi) is 23.8. The largest absolute Gasteiger partial charge is 0.480 e. The zero-order chi connectivity index (χ0) is 55.2. The van der Waals surface area contributed by atoms with E-state index in [1.807, 2.05) is 41.5 Å². The van der Waals surface area contributed by atoms with Crippen LogP contribution in [0.2, 0.25) is 0 Å². The summed E-state index contributed by atoms with van der Waals surface area (Å²) in [6, 6.07) is 1.37. The van der Waals surface area contributed by atoms with E-state index < -0.39 is 71.9 Å². The summed E-state index contributed by atoms with van der Waals surface area (Å²) in [5.74, 6) is -4.99.